The highest BCUT2D eigenvalue weighted by molar-refractivity contribution is 5.92. The fraction of sp³-hybridized carbons (Fsp3) is 0.727. The van der Waals surface area contributed by atoms with Gasteiger partial charge in [-0.2, -0.15) is 0 Å². The van der Waals surface area contributed by atoms with Gasteiger partial charge in [-0.05, 0) is 64.5 Å². The number of alkyl carbamates (subject to hydrolysis) is 1. The van der Waals surface area contributed by atoms with E-state index in [0.717, 1.165) is 68.1 Å². The maximum absolute atomic E-state index is 14.4. The van der Waals surface area contributed by atoms with Gasteiger partial charge < -0.3 is 20.3 Å². The fourth-order valence-corrected chi connectivity index (χ4v) is 4.74. The molecule has 0 saturated heterocycles. The van der Waals surface area contributed by atoms with Crippen molar-refractivity contribution in [3.63, 3.8) is 0 Å². The van der Waals surface area contributed by atoms with Crippen molar-refractivity contribution in [2.24, 2.45) is 5.92 Å². The smallest absolute Gasteiger partial charge is 0.408 e. The first-order valence-electron chi connectivity index (χ1n) is 15.5. The quantitative estimate of drug-likeness (QED) is 0.195. The molecule has 1 aromatic rings. The molecule has 0 saturated carbocycles. The van der Waals surface area contributed by atoms with E-state index in [1.54, 1.807) is 25.7 Å². The molecule has 1 aromatic carbocycles. The predicted octanol–water partition coefficient (Wildman–Crippen LogP) is 7.39. The van der Waals surface area contributed by atoms with Gasteiger partial charge in [-0.3, -0.25) is 9.59 Å². The molecule has 40 heavy (non-hydrogen) atoms. The number of rotatable bonds is 17. The van der Waals surface area contributed by atoms with Gasteiger partial charge in [0.1, 0.15) is 17.7 Å². The van der Waals surface area contributed by atoms with Gasteiger partial charge in [0.2, 0.25) is 11.8 Å². The molecule has 0 aromatic heterocycles. The molecule has 3 amide bonds. The number of aryl methyl sites for hydroxylation is 2. The Morgan fingerprint density at radius 3 is 2.15 bits per heavy atom. The molecule has 0 heterocycles. The lowest BCUT2D eigenvalue weighted by Gasteiger charge is -2.36. The largest absolute Gasteiger partial charge is 0.444 e. The van der Waals surface area contributed by atoms with Crippen molar-refractivity contribution in [1.82, 2.24) is 15.5 Å². The van der Waals surface area contributed by atoms with E-state index in [-0.39, 0.29) is 17.7 Å². The summed E-state index contributed by atoms with van der Waals surface area (Å²) < 4.78 is 5.52. The zero-order valence-electron chi connectivity index (χ0n) is 26.8. The Balaban J connectivity index is 3.53. The van der Waals surface area contributed by atoms with Gasteiger partial charge in [0.05, 0.1) is 0 Å². The SMILES string of the molecule is CCCCCCCN(C(=O)C(NC(=O)OC(C)(C)C)C(C)CC)C(C(=O)NCCCCC)c1cc(C)ccc1C. The van der Waals surface area contributed by atoms with Gasteiger partial charge in [-0.15, -0.1) is 0 Å². The minimum atomic E-state index is -0.809. The molecule has 0 spiro atoms. The maximum Gasteiger partial charge on any atom is 0.408 e. The number of ether oxygens (including phenoxy) is 1. The van der Waals surface area contributed by atoms with E-state index in [4.69, 9.17) is 4.74 Å². The zero-order valence-corrected chi connectivity index (χ0v) is 26.8. The van der Waals surface area contributed by atoms with Crippen molar-refractivity contribution in [3.05, 3.63) is 34.9 Å². The van der Waals surface area contributed by atoms with E-state index in [2.05, 4.69) is 24.5 Å². The summed E-state index contributed by atoms with van der Waals surface area (Å²) >= 11 is 0. The second kappa shape index (κ2) is 18.0. The molecule has 0 aliphatic rings. The van der Waals surface area contributed by atoms with Gasteiger partial charge in [0, 0.05) is 13.1 Å². The van der Waals surface area contributed by atoms with Crippen LogP contribution < -0.4 is 10.6 Å². The number of nitrogens with zero attached hydrogens (tertiary/aromatic N) is 1. The van der Waals surface area contributed by atoms with Crippen LogP contribution in [0.4, 0.5) is 4.79 Å². The minimum Gasteiger partial charge on any atom is -0.444 e. The summed E-state index contributed by atoms with van der Waals surface area (Å²) in [7, 11) is 0. The van der Waals surface area contributed by atoms with Crippen LogP contribution in [-0.2, 0) is 14.3 Å². The molecule has 2 N–H and O–H groups in total. The Labute approximate surface area is 244 Å². The summed E-state index contributed by atoms with van der Waals surface area (Å²) in [6, 6.07) is 4.46. The molecule has 3 atom stereocenters. The van der Waals surface area contributed by atoms with Crippen molar-refractivity contribution in [3.8, 4) is 0 Å². The molecular formula is C33H57N3O4. The Morgan fingerprint density at radius 1 is 0.925 bits per heavy atom. The maximum atomic E-state index is 14.4. The molecule has 0 fully saturated rings. The predicted molar refractivity (Wildman–Crippen MR) is 164 cm³/mol. The van der Waals surface area contributed by atoms with Crippen molar-refractivity contribution in [2.75, 3.05) is 13.1 Å². The van der Waals surface area contributed by atoms with Crippen LogP contribution in [0, 0.1) is 19.8 Å². The van der Waals surface area contributed by atoms with Gasteiger partial charge in [0.15, 0.2) is 0 Å². The van der Waals surface area contributed by atoms with E-state index in [9.17, 15) is 14.4 Å². The molecule has 0 radical (unpaired) electrons. The lowest BCUT2D eigenvalue weighted by Crippen LogP contribution is -2.55. The van der Waals surface area contributed by atoms with Crippen molar-refractivity contribution in [1.29, 1.82) is 0 Å². The second-order valence-corrected chi connectivity index (χ2v) is 12.2. The van der Waals surface area contributed by atoms with Crippen LogP contribution in [0.5, 0.6) is 0 Å². The summed E-state index contributed by atoms with van der Waals surface area (Å²) in [6.45, 7) is 18.7. The second-order valence-electron chi connectivity index (χ2n) is 12.2. The van der Waals surface area contributed by atoms with E-state index >= 15 is 0 Å². The topological polar surface area (TPSA) is 87.7 Å². The summed E-state index contributed by atoms with van der Waals surface area (Å²) in [5.41, 5.74) is 2.13. The highest BCUT2D eigenvalue weighted by Gasteiger charge is 2.38. The third-order valence-electron chi connectivity index (χ3n) is 7.31. The summed E-state index contributed by atoms with van der Waals surface area (Å²) in [5, 5.41) is 5.98. The average molecular weight is 560 g/mol. The first-order chi connectivity index (χ1) is 18.9. The first-order valence-corrected chi connectivity index (χ1v) is 15.5. The fourth-order valence-electron chi connectivity index (χ4n) is 4.74. The van der Waals surface area contributed by atoms with Gasteiger partial charge in [-0.25, -0.2) is 4.79 Å². The number of carbonyl (C=O) groups excluding carboxylic acids is 3. The molecule has 228 valence electrons. The molecule has 0 bridgehead atoms. The monoisotopic (exact) mass is 559 g/mol. The lowest BCUT2D eigenvalue weighted by molar-refractivity contribution is -0.143. The minimum absolute atomic E-state index is 0.144. The van der Waals surface area contributed by atoms with Crippen molar-refractivity contribution < 1.29 is 19.1 Å². The molecule has 0 aliphatic heterocycles. The average Bonchev–Trinajstić information content (AvgIpc) is 2.88. The normalized spacial score (nSPS) is 13.7. The number of amides is 3. The van der Waals surface area contributed by atoms with E-state index in [1.807, 2.05) is 45.9 Å². The molecule has 3 unspecified atom stereocenters. The molecule has 7 nitrogen and oxygen atoms in total. The number of benzene rings is 1. The number of unbranched alkanes of at least 4 members (excludes halogenated alkanes) is 6. The highest BCUT2D eigenvalue weighted by atomic mass is 16.6. The number of nitrogens with one attached hydrogen (secondary N) is 2. The van der Waals surface area contributed by atoms with Crippen LogP contribution >= 0.6 is 0 Å². The van der Waals surface area contributed by atoms with Gasteiger partial charge >= 0.3 is 6.09 Å². The van der Waals surface area contributed by atoms with Crippen molar-refractivity contribution in [2.45, 2.75) is 138 Å². The summed E-state index contributed by atoms with van der Waals surface area (Å²) in [5.74, 6) is -0.563. The van der Waals surface area contributed by atoms with Crippen molar-refractivity contribution >= 4 is 17.9 Å². The molecule has 0 aliphatic carbocycles. The van der Waals surface area contributed by atoms with E-state index in [0.29, 0.717) is 19.5 Å². The van der Waals surface area contributed by atoms with Crippen LogP contribution in [0.15, 0.2) is 18.2 Å². The van der Waals surface area contributed by atoms with Gasteiger partial charge in [0.25, 0.3) is 0 Å². The van der Waals surface area contributed by atoms with Crippen LogP contribution in [0.2, 0.25) is 0 Å². The number of hydrogen-bond acceptors (Lipinski definition) is 4. The van der Waals surface area contributed by atoms with Gasteiger partial charge in [-0.1, -0.05) is 96.4 Å². The van der Waals surface area contributed by atoms with Crippen LogP contribution in [0.25, 0.3) is 0 Å². The highest BCUT2D eigenvalue weighted by Crippen LogP contribution is 2.28. The van der Waals surface area contributed by atoms with Crippen LogP contribution in [-0.4, -0.2) is 47.5 Å². The number of carbonyl (C=O) groups is 3. The number of hydrogen-bond donors (Lipinski definition) is 2. The van der Waals surface area contributed by atoms with E-state index < -0.39 is 23.8 Å². The lowest BCUT2D eigenvalue weighted by atomic mass is 9.93. The first kappa shape index (κ1) is 35.5. The Hall–Kier alpha value is -2.57. The Kier molecular flexibility index (Phi) is 15.9. The summed E-state index contributed by atoms with van der Waals surface area (Å²) in [4.78, 5) is 42.9. The van der Waals surface area contributed by atoms with Crippen LogP contribution in [0.3, 0.4) is 0 Å². The Bertz CT molecular complexity index is 925. The molecular weight excluding hydrogens is 502 g/mol. The third-order valence-corrected chi connectivity index (χ3v) is 7.31. The summed E-state index contributed by atoms with van der Waals surface area (Å²) in [6.07, 6.45) is 8.17. The Morgan fingerprint density at radius 2 is 1.55 bits per heavy atom. The third kappa shape index (κ3) is 12.3. The van der Waals surface area contributed by atoms with E-state index in [1.165, 1.54) is 0 Å². The standard InChI is InChI=1S/C33H57N3O4/c1-10-13-15-16-18-22-36(31(38)28(25(5)12-3)35-32(39)40-33(7,8)9)29(30(37)34-21-17-14-11-2)27-23-24(4)19-20-26(27)6/h19-20,23,25,28-29H,10-18,21-22H2,1-9H3,(H,34,37)(H,35,39). The molecule has 1 rings (SSSR count). The zero-order chi connectivity index (χ0) is 30.3. The van der Waals surface area contributed by atoms with Crippen LogP contribution in [0.1, 0.15) is 129 Å². The molecule has 7 heteroatoms.